The van der Waals surface area contributed by atoms with Crippen molar-refractivity contribution < 1.29 is 0 Å². The fourth-order valence-electron chi connectivity index (χ4n) is 4.74. The van der Waals surface area contributed by atoms with E-state index in [2.05, 4.69) is 17.9 Å². The second-order valence-electron chi connectivity index (χ2n) is 8.55. The molecule has 0 saturated carbocycles. The normalized spacial score (nSPS) is 15.3. The van der Waals surface area contributed by atoms with Crippen molar-refractivity contribution in [3.05, 3.63) is 62.6 Å². The molecule has 8 nitrogen and oxygen atoms in total. The summed E-state index contributed by atoms with van der Waals surface area (Å²) in [6, 6.07) is 8.08. The van der Waals surface area contributed by atoms with Crippen molar-refractivity contribution in [3.63, 3.8) is 0 Å². The second kappa shape index (κ2) is 7.53. The lowest BCUT2D eigenvalue weighted by Gasteiger charge is -2.26. The predicted molar refractivity (Wildman–Crippen MR) is 121 cm³/mol. The standard InChI is InChI=1S/C23H28N6O2/c1-16-9-5-6-10-18(16)29-17(2)15-28-19-20(24-22(28)29)25(3)23(31)27(21(19)30)14-13-26-11-7-4-8-12-26/h5-6,9-10,15H,4,7-8,11-14H2,1-3H3. The van der Waals surface area contributed by atoms with E-state index < -0.39 is 0 Å². The van der Waals surface area contributed by atoms with Crippen LogP contribution in [0.25, 0.3) is 22.6 Å². The van der Waals surface area contributed by atoms with Crippen LogP contribution in [0.15, 0.2) is 40.1 Å². The maximum Gasteiger partial charge on any atom is 0.332 e. The van der Waals surface area contributed by atoms with Gasteiger partial charge in [0.15, 0.2) is 11.2 Å². The Kier molecular flexibility index (Phi) is 4.81. The molecule has 0 aliphatic carbocycles. The van der Waals surface area contributed by atoms with Gasteiger partial charge >= 0.3 is 5.69 Å². The van der Waals surface area contributed by atoms with Crippen molar-refractivity contribution in [2.24, 2.45) is 7.05 Å². The van der Waals surface area contributed by atoms with E-state index in [0.717, 1.165) is 30.0 Å². The Morgan fingerprint density at radius 3 is 2.48 bits per heavy atom. The van der Waals surface area contributed by atoms with Gasteiger partial charge in [-0.25, -0.2) is 4.79 Å². The summed E-state index contributed by atoms with van der Waals surface area (Å²) in [6.45, 7) is 7.23. The van der Waals surface area contributed by atoms with E-state index in [-0.39, 0.29) is 11.2 Å². The highest BCUT2D eigenvalue weighted by atomic mass is 16.2. The summed E-state index contributed by atoms with van der Waals surface area (Å²) in [7, 11) is 1.69. The number of fused-ring (bicyclic) bond motifs is 3. The van der Waals surface area contributed by atoms with Gasteiger partial charge < -0.3 is 4.90 Å². The van der Waals surface area contributed by atoms with Crippen LogP contribution >= 0.6 is 0 Å². The Morgan fingerprint density at radius 2 is 1.74 bits per heavy atom. The minimum absolute atomic E-state index is 0.274. The van der Waals surface area contributed by atoms with Gasteiger partial charge in [-0.2, -0.15) is 4.98 Å². The molecule has 4 aromatic rings. The Balaban J connectivity index is 1.68. The first-order valence-corrected chi connectivity index (χ1v) is 11.0. The lowest BCUT2D eigenvalue weighted by atomic mass is 10.1. The van der Waals surface area contributed by atoms with E-state index in [0.29, 0.717) is 30.0 Å². The van der Waals surface area contributed by atoms with Crippen molar-refractivity contribution >= 4 is 16.9 Å². The van der Waals surface area contributed by atoms with Gasteiger partial charge in [0.2, 0.25) is 5.78 Å². The third-order valence-electron chi connectivity index (χ3n) is 6.47. The van der Waals surface area contributed by atoms with E-state index >= 15 is 0 Å². The average Bonchev–Trinajstić information content (AvgIpc) is 3.28. The zero-order chi connectivity index (χ0) is 21.7. The zero-order valence-electron chi connectivity index (χ0n) is 18.3. The molecule has 8 heteroatoms. The van der Waals surface area contributed by atoms with Gasteiger partial charge in [0.1, 0.15) is 0 Å². The lowest BCUT2D eigenvalue weighted by molar-refractivity contribution is 0.218. The molecule has 0 amide bonds. The zero-order valence-corrected chi connectivity index (χ0v) is 18.3. The van der Waals surface area contributed by atoms with E-state index in [1.165, 1.54) is 28.4 Å². The first kappa shape index (κ1) is 19.8. The quantitative estimate of drug-likeness (QED) is 0.508. The molecule has 0 spiro atoms. The predicted octanol–water partition coefficient (Wildman–Crippen LogP) is 2.24. The summed E-state index contributed by atoms with van der Waals surface area (Å²) in [5, 5.41) is 0. The fourth-order valence-corrected chi connectivity index (χ4v) is 4.74. The molecule has 1 saturated heterocycles. The van der Waals surface area contributed by atoms with E-state index in [4.69, 9.17) is 4.98 Å². The van der Waals surface area contributed by atoms with Crippen LogP contribution in [0, 0.1) is 13.8 Å². The summed E-state index contributed by atoms with van der Waals surface area (Å²) >= 11 is 0. The first-order valence-electron chi connectivity index (χ1n) is 11.0. The average molecular weight is 421 g/mol. The van der Waals surface area contributed by atoms with E-state index in [1.807, 2.05) is 40.3 Å². The van der Waals surface area contributed by atoms with E-state index in [1.54, 1.807) is 7.05 Å². The van der Waals surface area contributed by atoms with Crippen LogP contribution in [0.5, 0.6) is 0 Å². The van der Waals surface area contributed by atoms with Crippen molar-refractivity contribution in [2.45, 2.75) is 39.7 Å². The van der Waals surface area contributed by atoms with Crippen molar-refractivity contribution in [2.75, 3.05) is 19.6 Å². The molecule has 1 aliphatic rings. The summed E-state index contributed by atoms with van der Waals surface area (Å²) in [5.41, 5.74) is 3.39. The molecule has 1 fully saturated rings. The molecule has 0 atom stereocenters. The SMILES string of the molecule is Cc1ccccc1-n1c(C)cn2c3c(=O)n(CCN4CCCCC4)c(=O)n(C)c3nc12. The number of benzene rings is 1. The number of imidazole rings is 2. The van der Waals surface area contributed by atoms with Crippen LogP contribution in [-0.4, -0.2) is 47.6 Å². The van der Waals surface area contributed by atoms with Crippen LogP contribution in [-0.2, 0) is 13.6 Å². The van der Waals surface area contributed by atoms with Gasteiger partial charge in [0.25, 0.3) is 5.56 Å². The molecular weight excluding hydrogens is 392 g/mol. The van der Waals surface area contributed by atoms with Crippen LogP contribution in [0.2, 0.25) is 0 Å². The Morgan fingerprint density at radius 1 is 1.00 bits per heavy atom. The summed E-state index contributed by atoms with van der Waals surface area (Å²) in [6.07, 6.45) is 5.55. The number of likely N-dealkylation sites (tertiary alicyclic amines) is 1. The molecule has 0 N–H and O–H groups in total. The third-order valence-corrected chi connectivity index (χ3v) is 6.47. The maximum atomic E-state index is 13.4. The summed E-state index contributed by atoms with van der Waals surface area (Å²) in [5.74, 6) is 0.641. The van der Waals surface area contributed by atoms with Crippen LogP contribution in [0.3, 0.4) is 0 Å². The van der Waals surface area contributed by atoms with Gasteiger partial charge in [0.05, 0.1) is 5.69 Å². The maximum absolute atomic E-state index is 13.4. The monoisotopic (exact) mass is 420 g/mol. The largest absolute Gasteiger partial charge is 0.332 e. The number of aromatic nitrogens is 5. The summed E-state index contributed by atoms with van der Waals surface area (Å²) < 4.78 is 6.73. The minimum Gasteiger partial charge on any atom is -0.302 e. The van der Waals surface area contributed by atoms with Crippen LogP contribution in [0.4, 0.5) is 0 Å². The molecule has 1 aliphatic heterocycles. The Hall–Kier alpha value is -3.13. The Bertz CT molecular complexity index is 1400. The molecule has 162 valence electrons. The smallest absolute Gasteiger partial charge is 0.302 e. The van der Waals surface area contributed by atoms with Crippen molar-refractivity contribution in [1.82, 2.24) is 28.0 Å². The van der Waals surface area contributed by atoms with E-state index in [9.17, 15) is 9.59 Å². The molecule has 31 heavy (non-hydrogen) atoms. The number of rotatable bonds is 4. The molecule has 0 radical (unpaired) electrons. The van der Waals surface area contributed by atoms with Crippen LogP contribution < -0.4 is 11.2 Å². The van der Waals surface area contributed by atoms with Crippen molar-refractivity contribution in [3.8, 4) is 5.69 Å². The first-order chi connectivity index (χ1) is 15.0. The van der Waals surface area contributed by atoms with Gasteiger partial charge in [-0.05, 0) is 51.4 Å². The highest BCUT2D eigenvalue weighted by molar-refractivity contribution is 5.76. The van der Waals surface area contributed by atoms with Crippen LogP contribution in [0.1, 0.15) is 30.5 Å². The molecule has 0 unspecified atom stereocenters. The molecule has 0 bridgehead atoms. The number of hydrogen-bond donors (Lipinski definition) is 0. The second-order valence-corrected chi connectivity index (χ2v) is 8.55. The minimum atomic E-state index is -0.311. The molecule has 4 heterocycles. The Labute approximate surface area is 180 Å². The molecular formula is C23H28N6O2. The molecule has 1 aromatic carbocycles. The number of hydrogen-bond acceptors (Lipinski definition) is 4. The summed E-state index contributed by atoms with van der Waals surface area (Å²) in [4.78, 5) is 33.5. The molecule has 3 aromatic heterocycles. The number of nitrogens with zero attached hydrogens (tertiary/aromatic N) is 6. The topological polar surface area (TPSA) is 69.5 Å². The van der Waals surface area contributed by atoms with Gasteiger partial charge in [-0.3, -0.25) is 22.9 Å². The number of piperidine rings is 1. The highest BCUT2D eigenvalue weighted by Gasteiger charge is 2.21. The fraction of sp³-hybridized carbons (Fsp3) is 0.435. The number of para-hydroxylation sites is 1. The van der Waals surface area contributed by atoms with Gasteiger partial charge in [-0.15, -0.1) is 0 Å². The number of aryl methyl sites for hydroxylation is 3. The van der Waals surface area contributed by atoms with Gasteiger partial charge in [0, 0.05) is 32.0 Å². The van der Waals surface area contributed by atoms with Gasteiger partial charge in [-0.1, -0.05) is 24.6 Å². The third kappa shape index (κ3) is 3.13. The van der Waals surface area contributed by atoms with Crippen molar-refractivity contribution in [1.29, 1.82) is 0 Å². The molecule has 5 rings (SSSR count). The lowest BCUT2D eigenvalue weighted by Crippen LogP contribution is -2.43. The highest BCUT2D eigenvalue weighted by Crippen LogP contribution is 2.23.